The number of benzene rings is 1. The Balaban J connectivity index is 0. The van der Waals surface area contributed by atoms with Crippen LogP contribution in [0.15, 0.2) is 36.4 Å². The van der Waals surface area contributed by atoms with Crippen LogP contribution in [0.5, 0.6) is 5.75 Å². The predicted molar refractivity (Wildman–Crippen MR) is 271 cm³/mol. The van der Waals surface area contributed by atoms with Crippen LogP contribution in [0.25, 0.3) is 0 Å². The van der Waals surface area contributed by atoms with Crippen molar-refractivity contribution < 1.29 is 78.2 Å². The van der Waals surface area contributed by atoms with Gasteiger partial charge in [-0.3, -0.25) is 73.3 Å². The third-order valence-electron chi connectivity index (χ3n) is 11.3. The molecule has 1 atom stereocenters. The molecule has 0 saturated carbocycles. The molecule has 7 N–H and O–H groups in total. The molecule has 1 aliphatic heterocycles. The van der Waals surface area contributed by atoms with E-state index in [1.54, 1.807) is 0 Å². The number of hydrogen-bond donors (Lipinski definition) is 7. The van der Waals surface area contributed by atoms with Gasteiger partial charge in [-0.15, -0.1) is 0 Å². The number of nitrogens with one attached hydrogen (secondary N) is 3. The third-order valence-corrected chi connectivity index (χ3v) is 11.3. The summed E-state index contributed by atoms with van der Waals surface area (Å²) in [6.45, 7) is 1.67. The number of ketones is 2. The molecule has 23 heteroatoms. The van der Waals surface area contributed by atoms with Crippen LogP contribution in [0.3, 0.4) is 0 Å². The largest absolute Gasteiger partial charge is 0.484 e. The van der Waals surface area contributed by atoms with E-state index < -0.39 is 65.6 Å². The second kappa shape index (κ2) is 39.9. The molecule has 0 saturated heterocycles. The zero-order valence-electron chi connectivity index (χ0n) is 40.6. The number of amides is 8. The molecular formula is C51H83N7O16. The average molecular weight is 1050 g/mol. The lowest BCUT2D eigenvalue weighted by Gasteiger charge is -2.15. The number of ether oxygens (including phenoxy) is 1. The maximum absolute atomic E-state index is 12.7. The van der Waals surface area contributed by atoms with Gasteiger partial charge in [0.15, 0.2) is 12.4 Å². The topological polar surface area (TPSA) is 327 Å². The minimum absolute atomic E-state index is 0. The van der Waals surface area contributed by atoms with Crippen molar-refractivity contribution in [3.05, 3.63) is 42.0 Å². The standard InChI is InChI=1S/C48H71N7O16.3CH4/c1-35(56)53(68)28-11-4-8-25-49-41(59)20-22-46(64)55(70)29-10-3-2-6-17-38(57)19-21-45(63)54(69)30-12-5-9-26-50-42(60)34-71-40-18-14-16-36(32-40)47(65)51-33-39(58)31-37(48(66)67)15-7-13-27-52-43(61)23-24-44(52)62;;;/h14,16,18,23-24,32,37,68-70H,2-13,15,17,19-22,25-31,33-34H2,1H3,(H,49,59)(H,50,60)(H,51,65)(H,66,67);3*1H4/t37-;;;/m1.../s1. The molecular weight excluding hydrogens is 967 g/mol. The Kier molecular flexibility index (Phi) is 37.4. The number of carbonyl (C=O) groups excluding carboxylic acids is 10. The highest BCUT2D eigenvalue weighted by molar-refractivity contribution is 6.12. The number of Topliss-reactive ketones (excluding diaryl/α,β-unsaturated/α-hetero) is 2. The van der Waals surface area contributed by atoms with E-state index >= 15 is 0 Å². The molecule has 0 unspecified atom stereocenters. The Morgan fingerprint density at radius 3 is 1.73 bits per heavy atom. The van der Waals surface area contributed by atoms with Crippen molar-refractivity contribution in [1.29, 1.82) is 0 Å². The fourth-order valence-corrected chi connectivity index (χ4v) is 7.04. The van der Waals surface area contributed by atoms with Gasteiger partial charge in [-0.25, -0.2) is 15.2 Å². The summed E-state index contributed by atoms with van der Waals surface area (Å²) in [5.41, 5.74) is 0.144. The van der Waals surface area contributed by atoms with Gasteiger partial charge in [-0.1, -0.05) is 47.6 Å². The number of nitrogens with zero attached hydrogens (tertiary/aromatic N) is 4. The zero-order valence-corrected chi connectivity index (χ0v) is 40.6. The highest BCUT2D eigenvalue weighted by Crippen LogP contribution is 2.17. The van der Waals surface area contributed by atoms with Crippen molar-refractivity contribution in [1.82, 2.24) is 36.0 Å². The lowest BCUT2D eigenvalue weighted by molar-refractivity contribution is -0.166. The molecule has 0 aromatic heterocycles. The second-order valence-electron chi connectivity index (χ2n) is 17.1. The SMILES string of the molecule is C.C.C.CC(=O)N(O)CCCCCNC(=O)CCC(=O)N(O)CCCCCCC(=O)CCC(=O)N(O)CCCCCNC(=O)COc1cccc(C(=O)NCC(=O)C[C@@H](CCCCN2C(=O)C=CC2=O)C(=O)O)c1. The van der Waals surface area contributed by atoms with Crippen LogP contribution in [0.4, 0.5) is 0 Å². The van der Waals surface area contributed by atoms with Crippen molar-refractivity contribution in [2.24, 2.45) is 5.92 Å². The van der Waals surface area contributed by atoms with Gasteiger partial charge in [-0.05, 0) is 82.4 Å². The van der Waals surface area contributed by atoms with Gasteiger partial charge in [0.25, 0.3) is 23.6 Å². The zero-order chi connectivity index (χ0) is 52.6. The summed E-state index contributed by atoms with van der Waals surface area (Å²) in [5, 5.41) is 48.7. The van der Waals surface area contributed by atoms with E-state index in [1.807, 2.05) is 0 Å². The summed E-state index contributed by atoms with van der Waals surface area (Å²) < 4.78 is 5.51. The Bertz CT molecular complexity index is 1980. The number of carbonyl (C=O) groups is 11. The maximum atomic E-state index is 12.7. The number of hydrogen-bond acceptors (Lipinski definition) is 15. The van der Waals surface area contributed by atoms with Gasteiger partial charge in [0.1, 0.15) is 11.5 Å². The summed E-state index contributed by atoms with van der Waals surface area (Å²) in [7, 11) is 0. The fourth-order valence-electron chi connectivity index (χ4n) is 7.04. The number of aliphatic carboxylic acids is 1. The van der Waals surface area contributed by atoms with E-state index in [2.05, 4.69) is 16.0 Å². The quantitative estimate of drug-likeness (QED) is 0.0202. The molecule has 0 bridgehead atoms. The van der Waals surface area contributed by atoms with Crippen LogP contribution in [0, 0.1) is 5.92 Å². The summed E-state index contributed by atoms with van der Waals surface area (Å²) >= 11 is 0. The van der Waals surface area contributed by atoms with E-state index in [4.69, 9.17) is 4.74 Å². The van der Waals surface area contributed by atoms with Gasteiger partial charge in [0.2, 0.25) is 23.6 Å². The summed E-state index contributed by atoms with van der Waals surface area (Å²) in [6, 6.07) is 5.92. The highest BCUT2D eigenvalue weighted by Gasteiger charge is 2.25. The first-order valence-corrected chi connectivity index (χ1v) is 24.2. The maximum Gasteiger partial charge on any atom is 0.306 e. The van der Waals surface area contributed by atoms with Crippen molar-refractivity contribution in [3.8, 4) is 5.75 Å². The van der Waals surface area contributed by atoms with Crippen LogP contribution >= 0.6 is 0 Å². The Morgan fingerprint density at radius 2 is 1.15 bits per heavy atom. The summed E-state index contributed by atoms with van der Waals surface area (Å²) in [6.07, 6.45) is 8.60. The van der Waals surface area contributed by atoms with Crippen molar-refractivity contribution in [2.45, 2.75) is 151 Å². The molecule has 0 aliphatic carbocycles. The second-order valence-corrected chi connectivity index (χ2v) is 17.1. The molecule has 74 heavy (non-hydrogen) atoms. The number of rotatable bonds is 39. The average Bonchev–Trinajstić information content (AvgIpc) is 3.67. The summed E-state index contributed by atoms with van der Waals surface area (Å²) in [4.78, 5) is 133. The fraction of sp³-hybridized carbons (Fsp3) is 0.627. The molecule has 1 aliphatic rings. The molecule has 1 aromatic carbocycles. The Morgan fingerprint density at radius 1 is 0.608 bits per heavy atom. The predicted octanol–water partition coefficient (Wildman–Crippen LogP) is 4.79. The lowest BCUT2D eigenvalue weighted by atomic mass is 9.96. The van der Waals surface area contributed by atoms with Crippen LogP contribution in [-0.2, 0) is 47.9 Å². The van der Waals surface area contributed by atoms with Crippen LogP contribution in [0.1, 0.15) is 162 Å². The number of imide groups is 1. The molecule has 0 fully saturated rings. The molecule has 418 valence electrons. The Hall–Kier alpha value is -6.59. The molecule has 0 spiro atoms. The van der Waals surface area contributed by atoms with Crippen molar-refractivity contribution >= 4 is 64.8 Å². The van der Waals surface area contributed by atoms with Crippen LogP contribution < -0.4 is 20.7 Å². The van der Waals surface area contributed by atoms with E-state index in [0.29, 0.717) is 105 Å². The van der Waals surface area contributed by atoms with E-state index in [0.717, 1.165) is 4.90 Å². The molecule has 1 heterocycles. The minimum Gasteiger partial charge on any atom is -0.484 e. The number of carboxylic acids is 1. The van der Waals surface area contributed by atoms with Crippen LogP contribution in [-0.4, -0.2) is 158 Å². The first kappa shape index (κ1) is 69.5. The first-order valence-electron chi connectivity index (χ1n) is 24.2. The minimum atomic E-state index is -1.17. The van der Waals surface area contributed by atoms with E-state index in [1.165, 1.54) is 43.3 Å². The summed E-state index contributed by atoms with van der Waals surface area (Å²) in [5.74, 6) is -6.39. The molecule has 2 rings (SSSR count). The number of hydroxylamine groups is 6. The molecule has 8 amide bonds. The molecule has 0 radical (unpaired) electrons. The van der Waals surface area contributed by atoms with Crippen molar-refractivity contribution in [3.63, 3.8) is 0 Å². The highest BCUT2D eigenvalue weighted by atomic mass is 16.5. The van der Waals surface area contributed by atoms with E-state index in [-0.39, 0.29) is 123 Å². The van der Waals surface area contributed by atoms with E-state index in [9.17, 15) is 73.5 Å². The monoisotopic (exact) mass is 1050 g/mol. The molecule has 23 nitrogen and oxygen atoms in total. The van der Waals surface area contributed by atoms with Gasteiger partial charge >= 0.3 is 5.97 Å². The smallest absolute Gasteiger partial charge is 0.306 e. The molecule has 1 aromatic rings. The van der Waals surface area contributed by atoms with Gasteiger partial charge in [0, 0.05) is 102 Å². The Labute approximate surface area is 435 Å². The van der Waals surface area contributed by atoms with Gasteiger partial charge in [-0.2, -0.15) is 0 Å². The third kappa shape index (κ3) is 30.4. The van der Waals surface area contributed by atoms with Crippen molar-refractivity contribution in [2.75, 3.05) is 52.4 Å². The van der Waals surface area contributed by atoms with Crippen LogP contribution in [0.2, 0.25) is 0 Å². The first-order chi connectivity index (χ1) is 33.9. The lowest BCUT2D eigenvalue weighted by Crippen LogP contribution is -2.32. The number of carboxylic acid groups (broad SMARTS) is 1. The normalized spacial score (nSPS) is 11.8. The van der Waals surface area contributed by atoms with Gasteiger partial charge in [0.05, 0.1) is 12.5 Å². The number of unbranched alkanes of at least 4 members (excludes halogenated alkanes) is 8. The van der Waals surface area contributed by atoms with Gasteiger partial charge < -0.3 is 25.8 Å².